The molecule has 1 fully saturated rings. The molecular formula is C15H18ClNO2. The largest absolute Gasteiger partial charge is 0.396 e. The van der Waals surface area contributed by atoms with Gasteiger partial charge in [0.1, 0.15) is 0 Å². The number of benzene rings is 1. The van der Waals surface area contributed by atoms with Gasteiger partial charge in [-0.15, -0.1) is 0 Å². The minimum atomic E-state index is 0.0336. The van der Waals surface area contributed by atoms with Crippen LogP contribution in [0.4, 0.5) is 0 Å². The molecule has 0 bridgehead atoms. The molecule has 1 aliphatic rings. The second kappa shape index (κ2) is 6.73. The van der Waals surface area contributed by atoms with Crippen molar-refractivity contribution in [2.45, 2.75) is 12.8 Å². The number of halogens is 1. The Morgan fingerprint density at radius 3 is 2.53 bits per heavy atom. The normalized spacial score (nSPS) is 17.1. The van der Waals surface area contributed by atoms with Gasteiger partial charge in [0.2, 0.25) is 5.91 Å². The number of aliphatic hydroxyl groups is 1. The maximum Gasteiger partial charge on any atom is 0.246 e. The quantitative estimate of drug-likeness (QED) is 0.864. The van der Waals surface area contributed by atoms with Crippen molar-refractivity contribution in [2.75, 3.05) is 19.7 Å². The molecule has 1 heterocycles. The third kappa shape index (κ3) is 4.08. The lowest BCUT2D eigenvalue weighted by Crippen LogP contribution is -2.38. The number of hydrogen-bond acceptors (Lipinski definition) is 2. The summed E-state index contributed by atoms with van der Waals surface area (Å²) in [5.41, 5.74) is 0.961. The highest BCUT2D eigenvalue weighted by Gasteiger charge is 2.20. The van der Waals surface area contributed by atoms with E-state index in [1.807, 2.05) is 17.0 Å². The minimum absolute atomic E-state index is 0.0336. The van der Waals surface area contributed by atoms with Crippen LogP contribution in [0.2, 0.25) is 5.02 Å². The molecule has 3 nitrogen and oxygen atoms in total. The van der Waals surface area contributed by atoms with Gasteiger partial charge in [0.25, 0.3) is 0 Å². The molecule has 0 aromatic heterocycles. The van der Waals surface area contributed by atoms with Crippen molar-refractivity contribution in [3.05, 3.63) is 40.9 Å². The fourth-order valence-electron chi connectivity index (χ4n) is 2.18. The molecular weight excluding hydrogens is 262 g/mol. The molecule has 1 N–H and O–H groups in total. The Morgan fingerprint density at radius 2 is 1.95 bits per heavy atom. The van der Waals surface area contributed by atoms with E-state index in [4.69, 9.17) is 16.7 Å². The number of rotatable bonds is 3. The maximum atomic E-state index is 12.0. The highest BCUT2D eigenvalue weighted by molar-refractivity contribution is 6.30. The molecule has 0 unspecified atom stereocenters. The molecule has 0 aliphatic carbocycles. The van der Waals surface area contributed by atoms with E-state index in [0.717, 1.165) is 31.5 Å². The lowest BCUT2D eigenvalue weighted by Gasteiger charge is -2.30. The van der Waals surface area contributed by atoms with Crippen molar-refractivity contribution >= 4 is 23.6 Å². The van der Waals surface area contributed by atoms with Crippen LogP contribution in [0.1, 0.15) is 18.4 Å². The van der Waals surface area contributed by atoms with E-state index in [9.17, 15) is 4.79 Å². The van der Waals surface area contributed by atoms with Gasteiger partial charge in [-0.1, -0.05) is 23.7 Å². The van der Waals surface area contributed by atoms with E-state index < -0.39 is 0 Å². The minimum Gasteiger partial charge on any atom is -0.396 e. The first-order valence-corrected chi connectivity index (χ1v) is 6.90. The zero-order valence-electron chi connectivity index (χ0n) is 10.8. The third-order valence-electron chi connectivity index (χ3n) is 3.47. The Hall–Kier alpha value is -1.32. The van der Waals surface area contributed by atoms with Crippen LogP contribution in [-0.4, -0.2) is 35.6 Å². The molecule has 4 heteroatoms. The van der Waals surface area contributed by atoms with Gasteiger partial charge in [0.15, 0.2) is 0 Å². The van der Waals surface area contributed by atoms with Crippen LogP contribution in [0.15, 0.2) is 30.3 Å². The highest BCUT2D eigenvalue weighted by atomic mass is 35.5. The number of amides is 1. The number of aliphatic hydroxyl groups excluding tert-OH is 1. The molecule has 1 aromatic rings. The molecule has 0 spiro atoms. The third-order valence-corrected chi connectivity index (χ3v) is 3.72. The van der Waals surface area contributed by atoms with E-state index in [2.05, 4.69) is 0 Å². The Morgan fingerprint density at radius 1 is 1.32 bits per heavy atom. The van der Waals surface area contributed by atoms with Gasteiger partial charge in [0.05, 0.1) is 0 Å². The number of carbonyl (C=O) groups excluding carboxylic acids is 1. The molecule has 0 radical (unpaired) electrons. The SMILES string of the molecule is O=C(/C=C/c1ccc(Cl)cc1)N1CCC(CO)CC1. The van der Waals surface area contributed by atoms with Crippen molar-refractivity contribution in [2.24, 2.45) is 5.92 Å². The fraction of sp³-hybridized carbons (Fsp3) is 0.400. The van der Waals surface area contributed by atoms with Crippen molar-refractivity contribution in [1.29, 1.82) is 0 Å². The van der Waals surface area contributed by atoms with Gasteiger partial charge in [-0.3, -0.25) is 4.79 Å². The number of likely N-dealkylation sites (tertiary alicyclic amines) is 1. The average molecular weight is 280 g/mol. The molecule has 1 aliphatic heterocycles. The van der Waals surface area contributed by atoms with E-state index in [-0.39, 0.29) is 12.5 Å². The van der Waals surface area contributed by atoms with Crippen LogP contribution in [0, 0.1) is 5.92 Å². The van der Waals surface area contributed by atoms with Gasteiger partial charge < -0.3 is 10.0 Å². The Balaban J connectivity index is 1.89. The summed E-state index contributed by atoms with van der Waals surface area (Å²) in [6, 6.07) is 7.37. The number of nitrogens with zero attached hydrogens (tertiary/aromatic N) is 1. The second-order valence-corrected chi connectivity index (χ2v) is 5.27. The molecule has 1 amide bonds. The lowest BCUT2D eigenvalue weighted by molar-refractivity contribution is -0.127. The molecule has 102 valence electrons. The van der Waals surface area contributed by atoms with E-state index in [0.29, 0.717) is 10.9 Å². The van der Waals surface area contributed by atoms with Gasteiger partial charge in [-0.05, 0) is 42.5 Å². The van der Waals surface area contributed by atoms with Crippen molar-refractivity contribution < 1.29 is 9.90 Å². The van der Waals surface area contributed by atoms with Crippen molar-refractivity contribution in [1.82, 2.24) is 4.90 Å². The van der Waals surface area contributed by atoms with Crippen molar-refractivity contribution in [3.8, 4) is 0 Å². The first kappa shape index (κ1) is 14.1. The molecule has 1 aromatic carbocycles. The standard InChI is InChI=1S/C15H18ClNO2/c16-14-4-1-12(2-5-14)3-6-15(19)17-9-7-13(11-18)8-10-17/h1-6,13,18H,7-11H2/b6-3+. The summed E-state index contributed by atoms with van der Waals surface area (Å²) < 4.78 is 0. The number of carbonyl (C=O) groups is 1. The summed E-state index contributed by atoms with van der Waals surface area (Å²) in [5, 5.41) is 9.75. The molecule has 0 atom stereocenters. The molecule has 2 rings (SSSR count). The van der Waals surface area contributed by atoms with Gasteiger partial charge >= 0.3 is 0 Å². The maximum absolute atomic E-state index is 12.0. The van der Waals surface area contributed by atoms with Crippen molar-refractivity contribution in [3.63, 3.8) is 0 Å². The Labute approximate surface area is 118 Å². The van der Waals surface area contributed by atoms with Crippen LogP contribution < -0.4 is 0 Å². The number of hydrogen-bond donors (Lipinski definition) is 1. The van der Waals surface area contributed by atoms with Crippen LogP contribution in [0.5, 0.6) is 0 Å². The van der Waals surface area contributed by atoms with Gasteiger partial charge in [-0.25, -0.2) is 0 Å². The summed E-state index contributed by atoms with van der Waals surface area (Å²) in [5.74, 6) is 0.385. The Bertz CT molecular complexity index is 448. The predicted octanol–water partition coefficient (Wildman–Crippen LogP) is 2.58. The fourth-order valence-corrected chi connectivity index (χ4v) is 2.31. The van der Waals surface area contributed by atoms with Gasteiger partial charge in [0, 0.05) is 30.8 Å². The summed E-state index contributed by atoms with van der Waals surface area (Å²) in [7, 11) is 0. The van der Waals surface area contributed by atoms with E-state index >= 15 is 0 Å². The predicted molar refractivity (Wildman–Crippen MR) is 76.9 cm³/mol. The average Bonchev–Trinajstić information content (AvgIpc) is 2.46. The molecule has 19 heavy (non-hydrogen) atoms. The van der Waals surface area contributed by atoms with E-state index in [1.165, 1.54) is 0 Å². The lowest BCUT2D eigenvalue weighted by atomic mass is 9.98. The van der Waals surface area contributed by atoms with Crippen LogP contribution in [0.3, 0.4) is 0 Å². The van der Waals surface area contributed by atoms with E-state index in [1.54, 1.807) is 24.3 Å². The number of piperidine rings is 1. The Kier molecular flexibility index (Phi) is 5.00. The summed E-state index contributed by atoms with van der Waals surface area (Å²) in [4.78, 5) is 13.8. The zero-order valence-corrected chi connectivity index (χ0v) is 11.5. The van der Waals surface area contributed by atoms with Gasteiger partial charge in [-0.2, -0.15) is 0 Å². The smallest absolute Gasteiger partial charge is 0.246 e. The summed E-state index contributed by atoms with van der Waals surface area (Å²) in [6.07, 6.45) is 5.17. The second-order valence-electron chi connectivity index (χ2n) is 4.84. The monoisotopic (exact) mass is 279 g/mol. The van der Waals surface area contributed by atoms with Crippen LogP contribution in [-0.2, 0) is 4.79 Å². The zero-order chi connectivity index (χ0) is 13.7. The first-order valence-electron chi connectivity index (χ1n) is 6.52. The highest BCUT2D eigenvalue weighted by Crippen LogP contribution is 2.17. The van der Waals surface area contributed by atoms with Crippen LogP contribution >= 0.6 is 11.6 Å². The molecule has 0 saturated carbocycles. The van der Waals surface area contributed by atoms with Crippen LogP contribution in [0.25, 0.3) is 6.08 Å². The molecule has 1 saturated heterocycles. The summed E-state index contributed by atoms with van der Waals surface area (Å²) >= 11 is 5.80. The topological polar surface area (TPSA) is 40.5 Å². The first-order chi connectivity index (χ1) is 9.19. The summed E-state index contributed by atoms with van der Waals surface area (Å²) in [6.45, 7) is 1.69.